The first-order valence-corrected chi connectivity index (χ1v) is 7.51. The summed E-state index contributed by atoms with van der Waals surface area (Å²) in [5.41, 5.74) is 0.658. The second-order valence-electron chi connectivity index (χ2n) is 6.49. The number of carbonyl (C=O) groups excluding carboxylic acids is 1. The number of fused-ring (bicyclic) bond motifs is 2. The summed E-state index contributed by atoms with van der Waals surface area (Å²) in [4.78, 5) is 11.5. The minimum Gasteiger partial charge on any atom is -0.480 e. The normalized spacial score (nSPS) is 36.8. The van der Waals surface area contributed by atoms with Crippen LogP contribution in [0.3, 0.4) is 0 Å². The van der Waals surface area contributed by atoms with Crippen LogP contribution in [0.1, 0.15) is 49.7 Å². The molecule has 0 spiro atoms. The fraction of sp³-hybridized carbons (Fsp3) is 0.667. The van der Waals surface area contributed by atoms with Crippen LogP contribution in [-0.4, -0.2) is 12.4 Å². The van der Waals surface area contributed by atoms with E-state index in [1.54, 1.807) is 0 Å². The highest BCUT2D eigenvalue weighted by Crippen LogP contribution is 2.66. The molecule has 0 radical (unpaired) electrons. The lowest BCUT2D eigenvalue weighted by Gasteiger charge is -2.38. The molecule has 18 heavy (non-hydrogen) atoms. The Hall–Kier alpha value is -0.830. The van der Waals surface area contributed by atoms with Crippen LogP contribution >= 0.6 is 11.3 Å². The van der Waals surface area contributed by atoms with Gasteiger partial charge in [-0.1, -0.05) is 32.1 Å². The van der Waals surface area contributed by atoms with E-state index in [9.17, 15) is 4.79 Å². The molecule has 3 heteroatoms. The van der Waals surface area contributed by atoms with Gasteiger partial charge in [0.1, 0.15) is 6.10 Å². The fourth-order valence-electron chi connectivity index (χ4n) is 3.91. The standard InChI is InChI=1S/C15H20O2S/c1-14(2)10-6-7-15(14,3)12(8-10)17-13-5-4-11(9-16)18-13/h4-5,9-10,12H,6-8H2,1-3H3. The van der Waals surface area contributed by atoms with Crippen LogP contribution in [0.5, 0.6) is 5.06 Å². The minimum atomic E-state index is 0.281. The van der Waals surface area contributed by atoms with Gasteiger partial charge in [0.2, 0.25) is 0 Å². The molecule has 2 bridgehead atoms. The maximum Gasteiger partial charge on any atom is 0.174 e. The van der Waals surface area contributed by atoms with Crippen LogP contribution in [0.15, 0.2) is 12.1 Å². The highest BCUT2D eigenvalue weighted by Gasteiger charge is 2.62. The Morgan fingerprint density at radius 1 is 1.39 bits per heavy atom. The Labute approximate surface area is 112 Å². The van der Waals surface area contributed by atoms with Crippen LogP contribution in [-0.2, 0) is 0 Å². The Morgan fingerprint density at radius 2 is 2.17 bits per heavy atom. The van der Waals surface area contributed by atoms with E-state index in [0.717, 1.165) is 28.6 Å². The molecule has 3 rings (SSSR count). The monoisotopic (exact) mass is 264 g/mol. The smallest absolute Gasteiger partial charge is 0.174 e. The first-order valence-electron chi connectivity index (χ1n) is 6.69. The second kappa shape index (κ2) is 3.83. The van der Waals surface area contributed by atoms with Gasteiger partial charge in [-0.2, -0.15) is 0 Å². The Morgan fingerprint density at radius 3 is 2.67 bits per heavy atom. The SMILES string of the molecule is CC1(C)C2CCC1(C)C(Oc1ccc(C=O)s1)C2. The van der Waals surface area contributed by atoms with Crippen molar-refractivity contribution in [2.75, 3.05) is 0 Å². The van der Waals surface area contributed by atoms with Crippen molar-refractivity contribution in [3.05, 3.63) is 17.0 Å². The third kappa shape index (κ3) is 1.49. The van der Waals surface area contributed by atoms with Crippen molar-refractivity contribution in [3.8, 4) is 5.06 Å². The summed E-state index contributed by atoms with van der Waals surface area (Å²) in [7, 11) is 0. The zero-order chi connectivity index (χ0) is 13.0. The largest absolute Gasteiger partial charge is 0.480 e. The van der Waals surface area contributed by atoms with Crippen molar-refractivity contribution in [2.45, 2.75) is 46.1 Å². The molecule has 2 saturated carbocycles. The molecule has 0 saturated heterocycles. The van der Waals surface area contributed by atoms with Crippen LogP contribution < -0.4 is 4.74 Å². The van der Waals surface area contributed by atoms with Gasteiger partial charge in [-0.25, -0.2) is 0 Å². The Bertz CT molecular complexity index is 477. The van der Waals surface area contributed by atoms with Crippen molar-refractivity contribution >= 4 is 17.6 Å². The molecule has 0 aliphatic heterocycles. The van der Waals surface area contributed by atoms with E-state index in [1.807, 2.05) is 12.1 Å². The molecule has 0 aromatic carbocycles. The van der Waals surface area contributed by atoms with Gasteiger partial charge in [0, 0.05) is 5.41 Å². The average molecular weight is 264 g/mol. The molecule has 2 aliphatic rings. The van der Waals surface area contributed by atoms with Gasteiger partial charge in [0.15, 0.2) is 11.3 Å². The maximum atomic E-state index is 10.7. The average Bonchev–Trinajstić information content (AvgIpc) is 2.92. The lowest BCUT2D eigenvalue weighted by Crippen LogP contribution is -2.38. The first-order chi connectivity index (χ1) is 8.47. The van der Waals surface area contributed by atoms with Gasteiger partial charge in [0.25, 0.3) is 0 Å². The van der Waals surface area contributed by atoms with Gasteiger partial charge in [-0.05, 0) is 42.7 Å². The Kier molecular flexibility index (Phi) is 2.60. The van der Waals surface area contributed by atoms with Crippen molar-refractivity contribution in [1.29, 1.82) is 0 Å². The fourth-order valence-corrected chi connectivity index (χ4v) is 4.63. The summed E-state index contributed by atoms with van der Waals surface area (Å²) in [5.74, 6) is 0.790. The number of ether oxygens (including phenoxy) is 1. The predicted molar refractivity (Wildman–Crippen MR) is 73.4 cm³/mol. The van der Waals surface area contributed by atoms with E-state index < -0.39 is 0 Å². The van der Waals surface area contributed by atoms with Crippen LogP contribution in [0.2, 0.25) is 0 Å². The zero-order valence-corrected chi connectivity index (χ0v) is 12.0. The van der Waals surface area contributed by atoms with E-state index >= 15 is 0 Å². The van der Waals surface area contributed by atoms with Gasteiger partial charge in [-0.3, -0.25) is 4.79 Å². The molecule has 3 atom stereocenters. The van der Waals surface area contributed by atoms with E-state index in [0.29, 0.717) is 11.5 Å². The van der Waals surface area contributed by atoms with Crippen molar-refractivity contribution in [2.24, 2.45) is 16.7 Å². The summed E-state index contributed by atoms with van der Waals surface area (Å²) >= 11 is 1.46. The topological polar surface area (TPSA) is 26.3 Å². The van der Waals surface area contributed by atoms with E-state index in [4.69, 9.17) is 4.74 Å². The zero-order valence-electron chi connectivity index (χ0n) is 11.2. The van der Waals surface area contributed by atoms with Gasteiger partial charge >= 0.3 is 0 Å². The highest BCUT2D eigenvalue weighted by molar-refractivity contribution is 7.15. The van der Waals surface area contributed by atoms with Gasteiger partial charge in [-0.15, -0.1) is 0 Å². The molecule has 98 valence electrons. The quantitative estimate of drug-likeness (QED) is 0.766. The molecule has 1 aromatic heterocycles. The predicted octanol–water partition coefficient (Wildman–Crippen LogP) is 4.15. The van der Waals surface area contributed by atoms with E-state index in [1.165, 1.54) is 24.2 Å². The number of hydrogen-bond donors (Lipinski definition) is 0. The van der Waals surface area contributed by atoms with Crippen molar-refractivity contribution < 1.29 is 9.53 Å². The van der Waals surface area contributed by atoms with Gasteiger partial charge < -0.3 is 4.74 Å². The van der Waals surface area contributed by atoms with E-state index in [-0.39, 0.29) is 5.41 Å². The van der Waals surface area contributed by atoms with Crippen LogP contribution in [0, 0.1) is 16.7 Å². The minimum absolute atomic E-state index is 0.281. The first kappa shape index (κ1) is 12.2. The number of rotatable bonds is 3. The summed E-state index contributed by atoms with van der Waals surface area (Å²) in [6.45, 7) is 7.15. The molecule has 0 N–H and O–H groups in total. The molecule has 3 unspecified atom stereocenters. The lowest BCUT2D eigenvalue weighted by atomic mass is 9.70. The molecular weight excluding hydrogens is 244 g/mol. The molecule has 2 nitrogen and oxygen atoms in total. The van der Waals surface area contributed by atoms with Crippen LogP contribution in [0.25, 0.3) is 0 Å². The van der Waals surface area contributed by atoms with Crippen LogP contribution in [0.4, 0.5) is 0 Å². The number of aldehydes is 1. The molecule has 1 aromatic rings. The third-order valence-corrected chi connectivity index (χ3v) is 6.59. The van der Waals surface area contributed by atoms with E-state index in [2.05, 4.69) is 20.8 Å². The van der Waals surface area contributed by atoms with Crippen molar-refractivity contribution in [3.63, 3.8) is 0 Å². The lowest BCUT2D eigenvalue weighted by molar-refractivity contribution is 0.0326. The molecule has 1 heterocycles. The third-order valence-electron chi connectivity index (χ3n) is 5.69. The number of carbonyl (C=O) groups is 1. The Balaban J connectivity index is 1.81. The maximum absolute atomic E-state index is 10.7. The second-order valence-corrected chi connectivity index (χ2v) is 7.57. The molecule has 2 fully saturated rings. The summed E-state index contributed by atoms with van der Waals surface area (Å²) < 4.78 is 6.19. The summed E-state index contributed by atoms with van der Waals surface area (Å²) in [6, 6.07) is 3.77. The number of hydrogen-bond acceptors (Lipinski definition) is 3. The molecule has 0 amide bonds. The number of thiophene rings is 1. The molecular formula is C15H20O2S. The van der Waals surface area contributed by atoms with Gasteiger partial charge in [0.05, 0.1) is 4.88 Å². The summed E-state index contributed by atoms with van der Waals surface area (Å²) in [5, 5.41) is 0.895. The molecule has 2 aliphatic carbocycles. The summed E-state index contributed by atoms with van der Waals surface area (Å²) in [6.07, 6.45) is 4.97. The highest BCUT2D eigenvalue weighted by atomic mass is 32.1. The van der Waals surface area contributed by atoms with Crippen molar-refractivity contribution in [1.82, 2.24) is 0 Å².